The molecule has 8 heteroatoms. The van der Waals surface area contributed by atoms with Gasteiger partial charge in [0, 0.05) is 19.7 Å². The smallest absolute Gasteiger partial charge is 0.339 e. The summed E-state index contributed by atoms with van der Waals surface area (Å²) in [6.07, 6.45) is -0.360. The summed E-state index contributed by atoms with van der Waals surface area (Å²) < 4.78 is 5.12. The van der Waals surface area contributed by atoms with Crippen LogP contribution in [0.5, 0.6) is 0 Å². The minimum absolute atomic E-state index is 0.00429. The molecule has 0 aliphatic carbocycles. The maximum Gasteiger partial charge on any atom is 0.339 e. The summed E-state index contributed by atoms with van der Waals surface area (Å²) in [6, 6.07) is 13.6. The van der Waals surface area contributed by atoms with Crippen LogP contribution in [0.4, 0.5) is 11.4 Å². The first kappa shape index (κ1) is 19.9. The molecule has 0 radical (unpaired) electrons. The second-order valence-corrected chi connectivity index (χ2v) is 5.81. The van der Waals surface area contributed by atoms with Gasteiger partial charge in [0.15, 0.2) is 6.10 Å². The number of ether oxygens (including phenoxy) is 1. The predicted molar refractivity (Wildman–Crippen MR) is 101 cm³/mol. The zero-order valence-corrected chi connectivity index (χ0v) is 15.1. The van der Waals surface area contributed by atoms with Crippen molar-refractivity contribution in [3.05, 3.63) is 69.8 Å². The van der Waals surface area contributed by atoms with Gasteiger partial charge in [-0.1, -0.05) is 30.3 Å². The molecular weight excluding hydrogens is 350 g/mol. The number of nitro groups is 1. The molecule has 1 amide bonds. The lowest BCUT2D eigenvalue weighted by Crippen LogP contribution is -2.36. The third-order valence-electron chi connectivity index (χ3n) is 3.91. The van der Waals surface area contributed by atoms with Crippen molar-refractivity contribution in [3.63, 3.8) is 0 Å². The molecule has 0 unspecified atom stereocenters. The molecule has 0 aromatic heterocycles. The van der Waals surface area contributed by atoms with E-state index in [0.29, 0.717) is 13.0 Å². The van der Waals surface area contributed by atoms with Gasteiger partial charge in [0.2, 0.25) is 0 Å². The van der Waals surface area contributed by atoms with Crippen molar-refractivity contribution in [2.75, 3.05) is 18.9 Å². The number of anilines is 1. The zero-order valence-electron chi connectivity index (χ0n) is 15.1. The molecule has 0 saturated heterocycles. The number of nitro benzene ring substituents is 1. The summed E-state index contributed by atoms with van der Waals surface area (Å²) >= 11 is 0. The van der Waals surface area contributed by atoms with Crippen molar-refractivity contribution in [2.24, 2.45) is 0 Å². The highest BCUT2D eigenvalue weighted by Gasteiger charge is 2.21. The lowest BCUT2D eigenvalue weighted by Gasteiger charge is -2.14. The molecule has 0 fully saturated rings. The second-order valence-electron chi connectivity index (χ2n) is 5.81. The summed E-state index contributed by atoms with van der Waals surface area (Å²) in [4.78, 5) is 34.7. The van der Waals surface area contributed by atoms with Crippen molar-refractivity contribution < 1.29 is 19.2 Å². The van der Waals surface area contributed by atoms with Gasteiger partial charge in [-0.2, -0.15) is 0 Å². The second kappa shape index (κ2) is 9.33. The van der Waals surface area contributed by atoms with Crippen LogP contribution in [-0.2, 0) is 16.0 Å². The Morgan fingerprint density at radius 1 is 1.19 bits per heavy atom. The number of rotatable bonds is 8. The summed E-state index contributed by atoms with van der Waals surface area (Å²) in [7, 11) is 1.54. The van der Waals surface area contributed by atoms with E-state index >= 15 is 0 Å². The van der Waals surface area contributed by atoms with Gasteiger partial charge in [0.25, 0.3) is 11.6 Å². The van der Waals surface area contributed by atoms with Crippen LogP contribution in [0.1, 0.15) is 22.8 Å². The number of benzene rings is 2. The molecule has 0 saturated carbocycles. The van der Waals surface area contributed by atoms with Crippen LogP contribution < -0.4 is 10.6 Å². The summed E-state index contributed by atoms with van der Waals surface area (Å²) in [5.41, 5.74) is 1.12. The summed E-state index contributed by atoms with van der Waals surface area (Å²) in [6.45, 7) is 1.86. The predicted octanol–water partition coefficient (Wildman–Crippen LogP) is 2.54. The Balaban J connectivity index is 1.91. The van der Waals surface area contributed by atoms with Gasteiger partial charge in [-0.3, -0.25) is 14.9 Å². The minimum Gasteiger partial charge on any atom is -0.449 e. The van der Waals surface area contributed by atoms with Gasteiger partial charge >= 0.3 is 5.97 Å². The number of hydrogen-bond acceptors (Lipinski definition) is 6. The molecule has 0 heterocycles. The van der Waals surface area contributed by atoms with E-state index in [4.69, 9.17) is 4.74 Å². The molecule has 27 heavy (non-hydrogen) atoms. The van der Waals surface area contributed by atoms with Gasteiger partial charge < -0.3 is 15.4 Å². The fraction of sp³-hybridized carbons (Fsp3) is 0.263. The minimum atomic E-state index is -1.02. The molecule has 2 N–H and O–H groups in total. The van der Waals surface area contributed by atoms with E-state index in [1.165, 1.54) is 19.1 Å². The summed E-state index contributed by atoms with van der Waals surface area (Å²) in [5.74, 6) is -1.23. The average Bonchev–Trinajstić information content (AvgIpc) is 2.67. The molecule has 2 aromatic carbocycles. The van der Waals surface area contributed by atoms with Gasteiger partial charge in [-0.05, 0) is 31.0 Å². The number of nitrogens with one attached hydrogen (secondary N) is 2. The van der Waals surface area contributed by atoms with Gasteiger partial charge in [-0.25, -0.2) is 4.79 Å². The summed E-state index contributed by atoms with van der Waals surface area (Å²) in [5, 5.41) is 16.5. The number of amides is 1. The molecular formula is C19H21N3O5. The third kappa shape index (κ3) is 5.53. The van der Waals surface area contributed by atoms with E-state index in [0.717, 1.165) is 11.6 Å². The normalized spacial score (nSPS) is 11.3. The number of carbonyl (C=O) groups excluding carboxylic acids is 2. The van der Waals surface area contributed by atoms with Crippen molar-refractivity contribution in [1.29, 1.82) is 0 Å². The first-order chi connectivity index (χ1) is 12.9. The van der Waals surface area contributed by atoms with Crippen LogP contribution in [0.2, 0.25) is 0 Å². The molecule has 2 rings (SSSR count). The van der Waals surface area contributed by atoms with E-state index in [9.17, 15) is 19.7 Å². The molecule has 2 aromatic rings. The fourth-order valence-electron chi connectivity index (χ4n) is 2.42. The Bertz CT molecular complexity index is 823. The van der Waals surface area contributed by atoms with Gasteiger partial charge in [0.05, 0.1) is 10.5 Å². The Morgan fingerprint density at radius 3 is 2.52 bits per heavy atom. The molecule has 0 bridgehead atoms. The quantitative estimate of drug-likeness (QED) is 0.419. The van der Waals surface area contributed by atoms with E-state index in [1.807, 2.05) is 30.3 Å². The van der Waals surface area contributed by atoms with Crippen molar-refractivity contribution in [1.82, 2.24) is 5.32 Å². The largest absolute Gasteiger partial charge is 0.449 e. The Morgan fingerprint density at radius 2 is 1.89 bits per heavy atom. The zero-order chi connectivity index (χ0) is 19.8. The Hall–Kier alpha value is -3.42. The van der Waals surface area contributed by atoms with Crippen LogP contribution >= 0.6 is 0 Å². The highest BCUT2D eigenvalue weighted by atomic mass is 16.6. The van der Waals surface area contributed by atoms with Crippen molar-refractivity contribution in [3.8, 4) is 0 Å². The molecule has 142 valence electrons. The van der Waals surface area contributed by atoms with E-state index in [-0.39, 0.29) is 16.9 Å². The molecule has 8 nitrogen and oxygen atoms in total. The Labute approximate surface area is 156 Å². The maximum absolute atomic E-state index is 12.2. The van der Waals surface area contributed by atoms with Crippen LogP contribution in [0.3, 0.4) is 0 Å². The average molecular weight is 371 g/mol. The number of hydrogen-bond donors (Lipinski definition) is 2. The highest BCUT2D eigenvalue weighted by molar-refractivity contribution is 5.93. The van der Waals surface area contributed by atoms with E-state index in [2.05, 4.69) is 10.6 Å². The van der Waals surface area contributed by atoms with Crippen LogP contribution in [-0.4, -0.2) is 36.5 Å². The number of esters is 1. The van der Waals surface area contributed by atoms with Gasteiger partial charge in [-0.15, -0.1) is 0 Å². The first-order valence-corrected chi connectivity index (χ1v) is 8.41. The highest BCUT2D eigenvalue weighted by Crippen LogP contribution is 2.25. The topological polar surface area (TPSA) is 111 Å². The van der Waals surface area contributed by atoms with Crippen LogP contribution in [0, 0.1) is 10.1 Å². The first-order valence-electron chi connectivity index (χ1n) is 8.41. The van der Waals surface area contributed by atoms with E-state index in [1.54, 1.807) is 7.05 Å². The maximum atomic E-state index is 12.2. The lowest BCUT2D eigenvalue weighted by molar-refractivity contribution is -0.384. The molecule has 0 spiro atoms. The fourth-order valence-corrected chi connectivity index (χ4v) is 2.42. The number of nitrogens with zero attached hydrogens (tertiary/aromatic N) is 1. The Kier molecular flexibility index (Phi) is 6.87. The van der Waals surface area contributed by atoms with Crippen LogP contribution in [0.15, 0.2) is 48.5 Å². The number of carbonyl (C=O) groups is 2. The standard InChI is InChI=1S/C19H21N3O5/c1-13(18(23)21-11-10-14-6-4-3-5-7-14)27-19(24)15-8-9-16(20-2)17(12-15)22(25)26/h3-9,12-13,20H,10-11H2,1-2H3,(H,21,23)/t13-/m0/s1. The monoisotopic (exact) mass is 371 g/mol. The SMILES string of the molecule is CNc1ccc(C(=O)O[C@@H](C)C(=O)NCCc2ccccc2)cc1[N+](=O)[O-]. The van der Waals surface area contributed by atoms with Crippen molar-refractivity contribution >= 4 is 23.3 Å². The molecule has 0 aliphatic rings. The third-order valence-corrected chi connectivity index (χ3v) is 3.91. The molecule has 1 atom stereocenters. The lowest BCUT2D eigenvalue weighted by atomic mass is 10.1. The van der Waals surface area contributed by atoms with Crippen molar-refractivity contribution in [2.45, 2.75) is 19.4 Å². The van der Waals surface area contributed by atoms with E-state index < -0.39 is 22.9 Å². The van der Waals surface area contributed by atoms with Gasteiger partial charge in [0.1, 0.15) is 5.69 Å². The van der Waals surface area contributed by atoms with Crippen LogP contribution in [0.25, 0.3) is 0 Å². The molecule has 0 aliphatic heterocycles.